The molecule has 0 bridgehead atoms. The van der Waals surface area contributed by atoms with Gasteiger partial charge in [-0.3, -0.25) is 0 Å². The lowest BCUT2D eigenvalue weighted by molar-refractivity contribution is 0.574. The van der Waals surface area contributed by atoms with Crippen molar-refractivity contribution in [2.75, 3.05) is 36.0 Å². The van der Waals surface area contributed by atoms with Crippen LogP contribution < -0.4 is 9.80 Å². The quantitative estimate of drug-likeness (QED) is 0.850. The van der Waals surface area contributed by atoms with Gasteiger partial charge in [-0.15, -0.1) is 0 Å². The summed E-state index contributed by atoms with van der Waals surface area (Å²) in [5.41, 5.74) is 2.73. The second-order valence-corrected chi connectivity index (χ2v) is 5.94. The predicted molar refractivity (Wildman–Crippen MR) is 87.3 cm³/mol. The molecular weight excluding hydrogens is 303 g/mol. The van der Waals surface area contributed by atoms with Crippen molar-refractivity contribution in [1.29, 1.82) is 0 Å². The lowest BCUT2D eigenvalue weighted by Crippen LogP contribution is -2.47. The zero-order chi connectivity index (χ0) is 15.7. The standard InChI is InChI=1S/C16H18ClFN4/c1-11-3-4-13(17)9-14(11)21-5-7-22(8-6-21)16-15(18)12(2)19-10-20-16/h3-4,9-10H,5-8H2,1-2H3. The summed E-state index contributed by atoms with van der Waals surface area (Å²) in [6.07, 6.45) is 1.42. The molecule has 0 unspecified atom stereocenters. The molecule has 3 rings (SSSR count). The molecule has 1 aromatic heterocycles. The molecule has 1 aromatic carbocycles. The van der Waals surface area contributed by atoms with Gasteiger partial charge >= 0.3 is 0 Å². The second-order valence-electron chi connectivity index (χ2n) is 5.50. The van der Waals surface area contributed by atoms with Crippen molar-refractivity contribution in [2.45, 2.75) is 13.8 Å². The van der Waals surface area contributed by atoms with Gasteiger partial charge in [0.1, 0.15) is 6.33 Å². The zero-order valence-electron chi connectivity index (χ0n) is 12.7. The molecule has 0 N–H and O–H groups in total. The van der Waals surface area contributed by atoms with Crippen LogP contribution in [0.3, 0.4) is 0 Å². The van der Waals surface area contributed by atoms with Crippen molar-refractivity contribution in [1.82, 2.24) is 9.97 Å². The van der Waals surface area contributed by atoms with Gasteiger partial charge in [0.25, 0.3) is 0 Å². The lowest BCUT2D eigenvalue weighted by atomic mass is 10.1. The molecule has 4 nitrogen and oxygen atoms in total. The molecule has 0 aliphatic carbocycles. The third kappa shape index (κ3) is 2.86. The van der Waals surface area contributed by atoms with E-state index in [0.717, 1.165) is 36.9 Å². The molecule has 1 aliphatic heterocycles. The summed E-state index contributed by atoms with van der Waals surface area (Å²) in [5.74, 6) is 0.0739. The van der Waals surface area contributed by atoms with Gasteiger partial charge in [0, 0.05) is 36.9 Å². The number of anilines is 2. The van der Waals surface area contributed by atoms with E-state index in [2.05, 4.69) is 21.8 Å². The molecule has 0 spiro atoms. The van der Waals surface area contributed by atoms with Crippen LogP contribution in [0, 0.1) is 19.7 Å². The number of hydrogen-bond acceptors (Lipinski definition) is 4. The van der Waals surface area contributed by atoms with Crippen LogP contribution in [0.1, 0.15) is 11.3 Å². The molecule has 22 heavy (non-hydrogen) atoms. The van der Waals surface area contributed by atoms with Gasteiger partial charge in [0.2, 0.25) is 0 Å². The van der Waals surface area contributed by atoms with Crippen molar-refractivity contribution in [2.24, 2.45) is 0 Å². The Kier molecular flexibility index (Phi) is 4.16. The number of aromatic nitrogens is 2. The largest absolute Gasteiger partial charge is 0.368 e. The summed E-state index contributed by atoms with van der Waals surface area (Å²) in [6.45, 7) is 6.80. The average molecular weight is 321 g/mol. The van der Waals surface area contributed by atoms with E-state index in [4.69, 9.17) is 11.6 Å². The van der Waals surface area contributed by atoms with Crippen LogP contribution in [-0.4, -0.2) is 36.1 Å². The van der Waals surface area contributed by atoms with E-state index in [1.807, 2.05) is 23.1 Å². The number of rotatable bonds is 2. The van der Waals surface area contributed by atoms with Gasteiger partial charge in [-0.25, -0.2) is 14.4 Å². The van der Waals surface area contributed by atoms with Gasteiger partial charge in [0.05, 0.1) is 5.69 Å². The van der Waals surface area contributed by atoms with E-state index in [-0.39, 0.29) is 5.82 Å². The number of hydrogen-bond donors (Lipinski definition) is 0. The molecule has 0 atom stereocenters. The SMILES string of the molecule is Cc1ccc(Cl)cc1N1CCN(c2ncnc(C)c2F)CC1. The lowest BCUT2D eigenvalue weighted by Gasteiger charge is -2.37. The molecule has 0 amide bonds. The highest BCUT2D eigenvalue weighted by Gasteiger charge is 2.22. The number of benzene rings is 1. The Bertz CT molecular complexity index is 674. The first-order valence-corrected chi connectivity index (χ1v) is 7.67. The number of nitrogens with zero attached hydrogens (tertiary/aromatic N) is 4. The maximum atomic E-state index is 14.1. The molecular formula is C16H18ClFN4. The van der Waals surface area contributed by atoms with E-state index in [1.165, 1.54) is 11.9 Å². The summed E-state index contributed by atoms with van der Waals surface area (Å²) < 4.78 is 14.1. The molecule has 116 valence electrons. The van der Waals surface area contributed by atoms with E-state index in [1.54, 1.807) is 6.92 Å². The normalized spacial score (nSPS) is 15.3. The summed E-state index contributed by atoms with van der Waals surface area (Å²) >= 11 is 6.10. The van der Waals surface area contributed by atoms with Crippen molar-refractivity contribution in [3.05, 3.63) is 46.6 Å². The van der Waals surface area contributed by atoms with Crippen LogP contribution in [-0.2, 0) is 0 Å². The Balaban J connectivity index is 1.75. The third-order valence-corrected chi connectivity index (χ3v) is 4.27. The smallest absolute Gasteiger partial charge is 0.186 e. The maximum absolute atomic E-state index is 14.1. The van der Waals surface area contributed by atoms with Crippen molar-refractivity contribution in [3.8, 4) is 0 Å². The Morgan fingerprint density at radius 2 is 1.73 bits per heavy atom. The van der Waals surface area contributed by atoms with E-state index < -0.39 is 0 Å². The summed E-state index contributed by atoms with van der Waals surface area (Å²) in [6, 6.07) is 5.91. The summed E-state index contributed by atoms with van der Waals surface area (Å²) in [7, 11) is 0. The van der Waals surface area contributed by atoms with Crippen molar-refractivity contribution >= 4 is 23.1 Å². The van der Waals surface area contributed by atoms with Crippen LogP contribution in [0.2, 0.25) is 5.02 Å². The molecule has 2 heterocycles. The fourth-order valence-electron chi connectivity index (χ4n) is 2.75. The first kappa shape index (κ1) is 15.0. The fraction of sp³-hybridized carbons (Fsp3) is 0.375. The van der Waals surface area contributed by atoms with Gasteiger partial charge in [0.15, 0.2) is 11.6 Å². The van der Waals surface area contributed by atoms with Crippen LogP contribution >= 0.6 is 11.6 Å². The summed E-state index contributed by atoms with van der Waals surface area (Å²) in [5, 5.41) is 0.737. The van der Waals surface area contributed by atoms with E-state index in [9.17, 15) is 4.39 Å². The Morgan fingerprint density at radius 1 is 1.05 bits per heavy atom. The predicted octanol–water partition coefficient (Wildman–Crippen LogP) is 3.21. The number of piperazine rings is 1. The van der Waals surface area contributed by atoms with Crippen LogP contribution in [0.5, 0.6) is 0 Å². The topological polar surface area (TPSA) is 32.3 Å². The third-order valence-electron chi connectivity index (χ3n) is 4.04. The van der Waals surface area contributed by atoms with E-state index in [0.29, 0.717) is 11.5 Å². The van der Waals surface area contributed by atoms with Gasteiger partial charge < -0.3 is 9.80 Å². The van der Waals surface area contributed by atoms with Gasteiger partial charge in [-0.2, -0.15) is 0 Å². The molecule has 6 heteroatoms. The Hall–Kier alpha value is -1.88. The Labute approximate surface area is 134 Å². The van der Waals surface area contributed by atoms with Crippen LogP contribution in [0.4, 0.5) is 15.9 Å². The first-order chi connectivity index (χ1) is 10.6. The maximum Gasteiger partial charge on any atom is 0.186 e. The van der Waals surface area contributed by atoms with E-state index >= 15 is 0 Å². The molecule has 1 saturated heterocycles. The van der Waals surface area contributed by atoms with Crippen molar-refractivity contribution < 1.29 is 4.39 Å². The minimum Gasteiger partial charge on any atom is -0.368 e. The Morgan fingerprint density at radius 3 is 2.45 bits per heavy atom. The van der Waals surface area contributed by atoms with Gasteiger partial charge in [-0.05, 0) is 31.5 Å². The first-order valence-electron chi connectivity index (χ1n) is 7.29. The number of aryl methyl sites for hydroxylation is 2. The zero-order valence-corrected chi connectivity index (χ0v) is 13.4. The minimum absolute atomic E-state index is 0.324. The fourth-order valence-corrected chi connectivity index (χ4v) is 2.91. The molecule has 0 saturated carbocycles. The van der Waals surface area contributed by atoms with Gasteiger partial charge in [-0.1, -0.05) is 17.7 Å². The molecule has 1 fully saturated rings. The number of halogens is 2. The second kappa shape index (κ2) is 6.08. The monoisotopic (exact) mass is 320 g/mol. The highest BCUT2D eigenvalue weighted by molar-refractivity contribution is 6.30. The van der Waals surface area contributed by atoms with Crippen molar-refractivity contribution in [3.63, 3.8) is 0 Å². The molecule has 1 aliphatic rings. The molecule has 2 aromatic rings. The molecule has 0 radical (unpaired) electrons. The van der Waals surface area contributed by atoms with Crippen LogP contribution in [0.15, 0.2) is 24.5 Å². The average Bonchev–Trinajstić information content (AvgIpc) is 2.53. The summed E-state index contributed by atoms with van der Waals surface area (Å²) in [4.78, 5) is 12.2. The van der Waals surface area contributed by atoms with Crippen LogP contribution in [0.25, 0.3) is 0 Å². The highest BCUT2D eigenvalue weighted by Crippen LogP contribution is 2.26. The highest BCUT2D eigenvalue weighted by atomic mass is 35.5. The minimum atomic E-state index is -0.324.